The first-order valence-corrected chi connectivity index (χ1v) is 5.63. The summed E-state index contributed by atoms with van der Waals surface area (Å²) in [5.41, 5.74) is 6.01. The van der Waals surface area contributed by atoms with E-state index in [0.29, 0.717) is 0 Å². The minimum Gasteiger partial charge on any atom is -0.399 e. The molecular formula is C7H6Cl3NO2S. The number of benzene rings is 1. The summed E-state index contributed by atoms with van der Waals surface area (Å²) in [7, 11) is 0. The fourth-order valence-electron chi connectivity index (χ4n) is 0.887. The van der Waals surface area contributed by atoms with Gasteiger partial charge in [-0.3, -0.25) is 0 Å². The summed E-state index contributed by atoms with van der Waals surface area (Å²) in [6.45, 7) is 0. The Morgan fingerprint density at radius 1 is 1.29 bits per heavy atom. The van der Waals surface area contributed by atoms with E-state index in [0.717, 1.165) is 0 Å². The van der Waals surface area contributed by atoms with Gasteiger partial charge in [0.1, 0.15) is 0 Å². The first-order valence-electron chi connectivity index (χ1n) is 3.39. The molecule has 1 rings (SSSR count). The number of halogens is 3. The molecule has 0 aliphatic heterocycles. The second kappa shape index (κ2) is 4.24. The van der Waals surface area contributed by atoms with Gasteiger partial charge in [0.05, 0.1) is 4.90 Å². The van der Waals surface area contributed by atoms with Gasteiger partial charge in [0.15, 0.2) is 11.1 Å². The highest BCUT2D eigenvalue weighted by Crippen LogP contribution is 2.39. The van der Waals surface area contributed by atoms with Crippen LogP contribution in [-0.2, 0) is 14.9 Å². The summed E-state index contributed by atoms with van der Waals surface area (Å²) in [5.74, 6) is 0. The van der Waals surface area contributed by atoms with E-state index in [4.69, 9.17) is 45.1 Å². The lowest BCUT2D eigenvalue weighted by molar-refractivity contribution is 0.564. The van der Waals surface area contributed by atoms with E-state index in [9.17, 15) is 4.21 Å². The van der Waals surface area contributed by atoms with E-state index in [1.165, 1.54) is 18.2 Å². The van der Waals surface area contributed by atoms with E-state index in [2.05, 4.69) is 0 Å². The molecule has 1 aromatic rings. The monoisotopic (exact) mass is 273 g/mol. The third-order valence-electron chi connectivity index (χ3n) is 1.46. The predicted octanol–water partition coefficient (Wildman–Crippen LogP) is 2.68. The van der Waals surface area contributed by atoms with Crippen molar-refractivity contribution in [2.45, 2.75) is 8.69 Å². The van der Waals surface area contributed by atoms with Crippen LogP contribution in [0.4, 0.5) is 5.69 Å². The second-order valence-electron chi connectivity index (χ2n) is 2.54. The Hall–Kier alpha value is -0.000000000000000167. The van der Waals surface area contributed by atoms with Crippen LogP contribution in [-0.4, -0.2) is 8.76 Å². The zero-order valence-corrected chi connectivity index (χ0v) is 9.79. The van der Waals surface area contributed by atoms with Crippen molar-refractivity contribution in [1.29, 1.82) is 0 Å². The van der Waals surface area contributed by atoms with Gasteiger partial charge in [0, 0.05) is 11.3 Å². The number of nitrogens with two attached hydrogens (primary N) is 1. The molecule has 0 spiro atoms. The number of hydrogen-bond donors (Lipinski definition) is 2. The highest BCUT2D eigenvalue weighted by Gasteiger charge is 2.24. The second-order valence-corrected chi connectivity index (χ2v) is 5.79. The van der Waals surface area contributed by atoms with E-state index >= 15 is 0 Å². The van der Waals surface area contributed by atoms with Crippen LogP contribution in [0, 0.1) is 0 Å². The van der Waals surface area contributed by atoms with Crippen molar-refractivity contribution in [2.24, 2.45) is 0 Å². The summed E-state index contributed by atoms with van der Waals surface area (Å²) in [6.07, 6.45) is 0. The summed E-state index contributed by atoms with van der Waals surface area (Å²) in [4.78, 5) is 0.103. The molecule has 0 saturated carbocycles. The minimum absolute atomic E-state index is 0.103. The fraction of sp³-hybridized carbons (Fsp3) is 0.143. The first-order chi connectivity index (χ1) is 6.30. The zero-order valence-electron chi connectivity index (χ0n) is 6.71. The van der Waals surface area contributed by atoms with Gasteiger partial charge in [-0.1, -0.05) is 34.8 Å². The van der Waals surface area contributed by atoms with Crippen molar-refractivity contribution < 1.29 is 8.76 Å². The smallest absolute Gasteiger partial charge is 0.216 e. The van der Waals surface area contributed by atoms with Crippen molar-refractivity contribution in [3.8, 4) is 0 Å². The zero-order chi connectivity index (χ0) is 10.9. The van der Waals surface area contributed by atoms with Crippen LogP contribution >= 0.6 is 34.8 Å². The fourth-order valence-corrected chi connectivity index (χ4v) is 1.68. The van der Waals surface area contributed by atoms with Gasteiger partial charge in [0.25, 0.3) is 0 Å². The third-order valence-corrected chi connectivity index (χ3v) is 2.75. The van der Waals surface area contributed by atoms with Crippen LogP contribution in [0.3, 0.4) is 0 Å². The maximum absolute atomic E-state index is 10.8. The molecule has 1 unspecified atom stereocenters. The maximum atomic E-state index is 10.8. The van der Waals surface area contributed by atoms with Crippen LogP contribution in [0.2, 0.25) is 0 Å². The molecule has 78 valence electrons. The van der Waals surface area contributed by atoms with Gasteiger partial charge in [-0.25, -0.2) is 4.21 Å². The largest absolute Gasteiger partial charge is 0.399 e. The molecule has 0 aliphatic carbocycles. The molecule has 0 aromatic heterocycles. The molecule has 7 heteroatoms. The third kappa shape index (κ3) is 3.00. The Kier molecular flexibility index (Phi) is 3.66. The topological polar surface area (TPSA) is 63.3 Å². The lowest BCUT2D eigenvalue weighted by Crippen LogP contribution is -2.03. The van der Waals surface area contributed by atoms with Gasteiger partial charge < -0.3 is 10.3 Å². The minimum atomic E-state index is -2.14. The Morgan fingerprint density at radius 3 is 2.29 bits per heavy atom. The molecule has 0 aliphatic rings. The Labute approximate surface area is 98.4 Å². The molecule has 0 saturated heterocycles. The first kappa shape index (κ1) is 12.1. The predicted molar refractivity (Wildman–Crippen MR) is 59.1 cm³/mol. The average Bonchev–Trinajstić information content (AvgIpc) is 2.01. The molecule has 1 aromatic carbocycles. The van der Waals surface area contributed by atoms with Crippen LogP contribution in [0.5, 0.6) is 0 Å². The molecule has 0 bridgehead atoms. The standard InChI is InChI=1S/C7H6Cl3NO2S/c8-7(9,10)4-1-5(11)3-6(2-4)14(12)13/h1-3H,11H2,(H,12,13). The summed E-state index contributed by atoms with van der Waals surface area (Å²) in [6, 6.07) is 4.10. The quantitative estimate of drug-likeness (QED) is 0.470. The van der Waals surface area contributed by atoms with Crippen LogP contribution < -0.4 is 5.73 Å². The average molecular weight is 275 g/mol. The molecule has 3 N–H and O–H groups in total. The lowest BCUT2D eigenvalue weighted by atomic mass is 10.2. The SMILES string of the molecule is Nc1cc(S(=O)O)cc(C(Cl)(Cl)Cl)c1. The Morgan fingerprint density at radius 2 is 1.86 bits per heavy atom. The van der Waals surface area contributed by atoms with Crippen LogP contribution in [0.1, 0.15) is 5.56 Å². The normalized spacial score (nSPS) is 14.0. The molecule has 0 amide bonds. The van der Waals surface area contributed by atoms with E-state index < -0.39 is 14.9 Å². The number of hydrogen-bond acceptors (Lipinski definition) is 2. The van der Waals surface area contributed by atoms with Crippen molar-refractivity contribution in [1.82, 2.24) is 0 Å². The van der Waals surface area contributed by atoms with Gasteiger partial charge in [0.2, 0.25) is 3.79 Å². The van der Waals surface area contributed by atoms with Crippen LogP contribution in [0.25, 0.3) is 0 Å². The van der Waals surface area contributed by atoms with Crippen molar-refractivity contribution in [3.05, 3.63) is 23.8 Å². The number of nitrogen functional groups attached to an aromatic ring is 1. The number of alkyl halides is 3. The van der Waals surface area contributed by atoms with Gasteiger partial charge in [-0.2, -0.15) is 0 Å². The van der Waals surface area contributed by atoms with Gasteiger partial charge in [-0.15, -0.1) is 0 Å². The van der Waals surface area contributed by atoms with Gasteiger partial charge in [-0.05, 0) is 18.2 Å². The molecular weight excluding hydrogens is 269 g/mol. The molecule has 3 nitrogen and oxygen atoms in total. The molecule has 0 fully saturated rings. The summed E-state index contributed by atoms with van der Waals surface area (Å²) >= 11 is 14.7. The summed E-state index contributed by atoms with van der Waals surface area (Å²) < 4.78 is 17.9. The molecule has 14 heavy (non-hydrogen) atoms. The lowest BCUT2D eigenvalue weighted by Gasteiger charge is -2.12. The number of anilines is 1. The Bertz CT molecular complexity index is 378. The van der Waals surface area contributed by atoms with E-state index in [1.54, 1.807) is 0 Å². The maximum Gasteiger partial charge on any atom is 0.216 e. The van der Waals surface area contributed by atoms with Gasteiger partial charge >= 0.3 is 0 Å². The molecule has 0 heterocycles. The highest BCUT2D eigenvalue weighted by atomic mass is 35.6. The summed E-state index contributed by atoms with van der Waals surface area (Å²) in [5, 5.41) is 0. The van der Waals surface area contributed by atoms with Crippen LogP contribution in [0.15, 0.2) is 23.1 Å². The van der Waals surface area contributed by atoms with Crippen molar-refractivity contribution in [2.75, 3.05) is 5.73 Å². The van der Waals surface area contributed by atoms with E-state index in [-0.39, 0.29) is 16.1 Å². The highest BCUT2D eigenvalue weighted by molar-refractivity contribution is 7.79. The molecule has 1 atom stereocenters. The van der Waals surface area contributed by atoms with E-state index in [1.807, 2.05) is 0 Å². The molecule has 0 radical (unpaired) electrons. The van der Waals surface area contributed by atoms with Crippen molar-refractivity contribution >= 4 is 51.6 Å². The number of rotatable bonds is 1. The Balaban J connectivity index is 3.28. The van der Waals surface area contributed by atoms with Crippen molar-refractivity contribution in [3.63, 3.8) is 0 Å².